The number of piperidine rings is 1. The summed E-state index contributed by atoms with van der Waals surface area (Å²) in [6.45, 7) is 2.03. The van der Waals surface area contributed by atoms with Gasteiger partial charge in [0.1, 0.15) is 17.0 Å². The van der Waals surface area contributed by atoms with E-state index in [-0.39, 0.29) is 30.3 Å². The Kier molecular flexibility index (Phi) is 6.83. The quantitative estimate of drug-likeness (QED) is 0.666. The number of amides is 1. The number of benzene rings is 1. The molecule has 0 saturated carbocycles. The van der Waals surface area contributed by atoms with Gasteiger partial charge in [0, 0.05) is 25.7 Å². The topological polar surface area (TPSA) is 84.1 Å². The van der Waals surface area contributed by atoms with Crippen molar-refractivity contribution in [2.24, 2.45) is 11.7 Å². The van der Waals surface area contributed by atoms with E-state index in [0.29, 0.717) is 13.1 Å². The second kappa shape index (κ2) is 9.32. The number of aromatic nitrogens is 2. The number of carbonyl (C=O) groups is 1. The molecular formula is C20H24ClN5OS. The molecule has 2 unspecified atom stereocenters. The van der Waals surface area contributed by atoms with Crippen molar-refractivity contribution < 1.29 is 4.79 Å². The number of rotatable bonds is 5. The molecule has 1 aromatic carbocycles. The number of fused-ring (bicyclic) bond motifs is 1. The van der Waals surface area contributed by atoms with Crippen molar-refractivity contribution in [3.8, 4) is 0 Å². The van der Waals surface area contributed by atoms with Crippen LogP contribution < -0.4 is 16.0 Å². The van der Waals surface area contributed by atoms with Crippen LogP contribution in [0.15, 0.2) is 48.1 Å². The van der Waals surface area contributed by atoms with Gasteiger partial charge >= 0.3 is 0 Å². The fourth-order valence-electron chi connectivity index (χ4n) is 3.59. The largest absolute Gasteiger partial charge is 0.355 e. The van der Waals surface area contributed by atoms with Crippen LogP contribution in [0.5, 0.6) is 0 Å². The van der Waals surface area contributed by atoms with Gasteiger partial charge in [0.05, 0.1) is 11.3 Å². The van der Waals surface area contributed by atoms with Gasteiger partial charge in [0.2, 0.25) is 5.91 Å². The molecule has 4 rings (SSSR count). The fourth-order valence-corrected chi connectivity index (χ4v) is 4.31. The lowest BCUT2D eigenvalue weighted by Crippen LogP contribution is -2.44. The number of nitrogens with zero attached hydrogens (tertiary/aromatic N) is 3. The summed E-state index contributed by atoms with van der Waals surface area (Å²) in [5, 5.41) is 6.13. The normalized spacial score (nSPS) is 17.8. The van der Waals surface area contributed by atoms with E-state index in [2.05, 4.69) is 26.3 Å². The Hall–Kier alpha value is -2.22. The van der Waals surface area contributed by atoms with Crippen LogP contribution in [-0.4, -0.2) is 35.5 Å². The molecular weight excluding hydrogens is 394 g/mol. The maximum atomic E-state index is 12.7. The summed E-state index contributed by atoms with van der Waals surface area (Å²) in [5.41, 5.74) is 7.23. The van der Waals surface area contributed by atoms with Crippen molar-refractivity contribution in [3.05, 3.63) is 53.7 Å². The van der Waals surface area contributed by atoms with Crippen LogP contribution in [0.2, 0.25) is 0 Å². The van der Waals surface area contributed by atoms with Gasteiger partial charge in [0.15, 0.2) is 0 Å². The van der Waals surface area contributed by atoms with Crippen LogP contribution in [0, 0.1) is 5.92 Å². The molecule has 8 heteroatoms. The third kappa shape index (κ3) is 4.43. The zero-order valence-electron chi connectivity index (χ0n) is 15.5. The highest BCUT2D eigenvalue weighted by atomic mass is 35.5. The van der Waals surface area contributed by atoms with Gasteiger partial charge < -0.3 is 16.0 Å². The lowest BCUT2D eigenvalue weighted by molar-refractivity contribution is -0.125. The van der Waals surface area contributed by atoms with E-state index < -0.39 is 0 Å². The van der Waals surface area contributed by atoms with Gasteiger partial charge in [0.25, 0.3) is 0 Å². The molecule has 3 aromatic rings. The molecule has 1 fully saturated rings. The number of carbonyl (C=O) groups excluding carboxylic acids is 1. The molecule has 1 aliphatic rings. The van der Waals surface area contributed by atoms with Gasteiger partial charge in [-0.15, -0.1) is 23.7 Å². The molecule has 0 aliphatic carbocycles. The van der Waals surface area contributed by atoms with Crippen molar-refractivity contribution in [3.63, 3.8) is 0 Å². The Morgan fingerprint density at radius 1 is 1.29 bits per heavy atom. The molecule has 0 spiro atoms. The predicted octanol–water partition coefficient (Wildman–Crippen LogP) is 3.15. The van der Waals surface area contributed by atoms with Crippen molar-refractivity contribution >= 4 is 45.7 Å². The van der Waals surface area contributed by atoms with Crippen molar-refractivity contribution in [2.75, 3.05) is 24.5 Å². The molecule has 2 atom stereocenters. The average Bonchev–Trinajstić information content (AvgIpc) is 3.21. The second-order valence-electron chi connectivity index (χ2n) is 6.88. The van der Waals surface area contributed by atoms with Gasteiger partial charge in [-0.2, -0.15) is 0 Å². The Morgan fingerprint density at radius 2 is 2.11 bits per heavy atom. The Labute approximate surface area is 174 Å². The van der Waals surface area contributed by atoms with Crippen LogP contribution in [0.1, 0.15) is 24.4 Å². The highest BCUT2D eigenvalue weighted by Crippen LogP contribution is 2.29. The number of anilines is 1. The van der Waals surface area contributed by atoms with Crippen molar-refractivity contribution in [1.82, 2.24) is 15.3 Å². The Morgan fingerprint density at radius 3 is 2.93 bits per heavy atom. The van der Waals surface area contributed by atoms with Crippen molar-refractivity contribution in [2.45, 2.75) is 18.9 Å². The molecule has 148 valence electrons. The summed E-state index contributed by atoms with van der Waals surface area (Å²) >= 11 is 1.61. The number of thiophene rings is 1. The predicted molar refractivity (Wildman–Crippen MR) is 116 cm³/mol. The SMILES string of the molecule is Cl.NC(CNC(=O)C1CCCN(c2ncnc3sccc23)C1)c1ccccc1. The fraction of sp³-hybridized carbons (Fsp3) is 0.350. The van der Waals surface area contributed by atoms with Crippen molar-refractivity contribution in [1.29, 1.82) is 0 Å². The van der Waals surface area contributed by atoms with E-state index in [0.717, 1.165) is 41.0 Å². The Bertz CT molecular complexity index is 919. The summed E-state index contributed by atoms with van der Waals surface area (Å²) in [5.74, 6) is 0.951. The molecule has 0 radical (unpaired) electrons. The summed E-state index contributed by atoms with van der Waals surface area (Å²) in [6, 6.07) is 11.7. The summed E-state index contributed by atoms with van der Waals surface area (Å²) in [4.78, 5) is 24.7. The first-order valence-corrected chi connectivity index (χ1v) is 10.1. The van der Waals surface area contributed by atoms with E-state index in [1.807, 2.05) is 35.7 Å². The maximum Gasteiger partial charge on any atom is 0.224 e. The average molecular weight is 418 g/mol. The summed E-state index contributed by atoms with van der Waals surface area (Å²) in [6.07, 6.45) is 3.47. The van der Waals surface area contributed by atoms with Gasteiger partial charge in [-0.25, -0.2) is 9.97 Å². The standard InChI is InChI=1S/C20H23N5OS.ClH/c21-17(14-5-2-1-3-6-14)11-22-19(26)15-7-4-9-25(12-15)18-16-8-10-27-20(16)24-13-23-18;/h1-3,5-6,8,10,13,15,17H,4,7,9,11-12,21H2,(H,22,26);1H. The zero-order valence-corrected chi connectivity index (χ0v) is 17.1. The van der Waals surface area contributed by atoms with Crippen LogP contribution >= 0.6 is 23.7 Å². The van der Waals surface area contributed by atoms with Crippen LogP contribution in [-0.2, 0) is 4.79 Å². The second-order valence-corrected chi connectivity index (χ2v) is 7.78. The summed E-state index contributed by atoms with van der Waals surface area (Å²) < 4.78 is 0. The molecule has 1 amide bonds. The maximum absolute atomic E-state index is 12.7. The minimum Gasteiger partial charge on any atom is -0.355 e. The molecule has 1 saturated heterocycles. The molecule has 1 aliphatic heterocycles. The number of hydrogen-bond acceptors (Lipinski definition) is 6. The summed E-state index contributed by atoms with van der Waals surface area (Å²) in [7, 11) is 0. The zero-order chi connectivity index (χ0) is 18.6. The number of halogens is 1. The first-order valence-electron chi connectivity index (χ1n) is 9.24. The van der Waals surface area contributed by atoms with E-state index in [1.165, 1.54) is 0 Å². The van der Waals surface area contributed by atoms with Crippen LogP contribution in [0.25, 0.3) is 10.2 Å². The smallest absolute Gasteiger partial charge is 0.224 e. The third-order valence-corrected chi connectivity index (χ3v) is 5.88. The third-order valence-electron chi connectivity index (χ3n) is 5.06. The monoisotopic (exact) mass is 417 g/mol. The molecule has 6 nitrogen and oxygen atoms in total. The molecule has 0 bridgehead atoms. The first kappa shape index (κ1) is 20.5. The van der Waals surface area contributed by atoms with Gasteiger partial charge in [-0.1, -0.05) is 30.3 Å². The minimum atomic E-state index is -0.192. The van der Waals surface area contributed by atoms with Crippen LogP contribution in [0.4, 0.5) is 5.82 Å². The van der Waals surface area contributed by atoms with E-state index >= 15 is 0 Å². The van der Waals surface area contributed by atoms with E-state index in [9.17, 15) is 4.79 Å². The molecule has 3 N–H and O–H groups in total. The number of nitrogens with two attached hydrogens (primary N) is 1. The first-order chi connectivity index (χ1) is 13.2. The molecule has 2 aromatic heterocycles. The number of hydrogen-bond donors (Lipinski definition) is 2. The highest BCUT2D eigenvalue weighted by molar-refractivity contribution is 7.16. The lowest BCUT2D eigenvalue weighted by atomic mass is 9.96. The van der Waals surface area contributed by atoms with Gasteiger partial charge in [-0.3, -0.25) is 4.79 Å². The van der Waals surface area contributed by atoms with Gasteiger partial charge in [-0.05, 0) is 29.9 Å². The lowest BCUT2D eigenvalue weighted by Gasteiger charge is -2.33. The highest BCUT2D eigenvalue weighted by Gasteiger charge is 2.27. The van der Waals surface area contributed by atoms with E-state index in [1.54, 1.807) is 17.7 Å². The molecule has 28 heavy (non-hydrogen) atoms. The number of nitrogens with one attached hydrogen (secondary N) is 1. The van der Waals surface area contributed by atoms with Crippen LogP contribution in [0.3, 0.4) is 0 Å². The van der Waals surface area contributed by atoms with E-state index in [4.69, 9.17) is 5.73 Å². The minimum absolute atomic E-state index is 0. The molecule has 3 heterocycles. The Balaban J connectivity index is 0.00000225.